The van der Waals surface area contributed by atoms with Gasteiger partial charge in [-0.3, -0.25) is 9.69 Å². The van der Waals surface area contributed by atoms with Crippen molar-refractivity contribution in [3.05, 3.63) is 0 Å². The van der Waals surface area contributed by atoms with Crippen LogP contribution in [0.1, 0.15) is 194 Å². The Hall–Kier alpha value is -1.10. The van der Waals surface area contributed by atoms with E-state index in [2.05, 4.69) is 18.7 Å². The van der Waals surface area contributed by atoms with Crippen molar-refractivity contribution in [3.8, 4) is 0 Å². The summed E-state index contributed by atoms with van der Waals surface area (Å²) < 4.78 is 10.8. The first kappa shape index (κ1) is 40.9. The van der Waals surface area contributed by atoms with Crippen LogP contribution in [0.3, 0.4) is 0 Å². The molecule has 1 radical (unpaired) electrons. The summed E-state index contributed by atoms with van der Waals surface area (Å²) in [6.45, 7) is 6.68. The molecule has 0 spiro atoms. The average Bonchev–Trinajstić information content (AvgIpc) is 2.98. The number of carbonyl (C=O) groups is 2. The molecule has 0 atom stereocenters. The number of hydrogen-bond donors (Lipinski definition) is 0. The van der Waals surface area contributed by atoms with E-state index >= 15 is 0 Å². The molecule has 0 heterocycles. The zero-order chi connectivity index (χ0) is 30.8. The van der Waals surface area contributed by atoms with E-state index < -0.39 is 0 Å². The van der Waals surface area contributed by atoms with E-state index in [-0.39, 0.29) is 11.9 Å². The highest BCUT2D eigenvalue weighted by Gasteiger charge is 2.16. The lowest BCUT2D eigenvalue weighted by Crippen LogP contribution is -2.28. The van der Waals surface area contributed by atoms with E-state index in [0.29, 0.717) is 39.1 Å². The zero-order valence-electron chi connectivity index (χ0n) is 28.7. The van der Waals surface area contributed by atoms with Crippen LogP contribution < -0.4 is 0 Å². The maximum atomic E-state index is 12.0. The van der Waals surface area contributed by atoms with Gasteiger partial charge in [-0.15, -0.1) is 0 Å². The van der Waals surface area contributed by atoms with Crippen LogP contribution in [0, 0.1) is 0 Å². The van der Waals surface area contributed by atoms with Crippen LogP contribution in [-0.4, -0.2) is 50.2 Å². The number of carbonyl (C=O) groups excluding carboxylic acids is 2. The molecule has 0 aromatic rings. The zero-order valence-corrected chi connectivity index (χ0v) is 28.7. The van der Waals surface area contributed by atoms with Crippen LogP contribution in [0.15, 0.2) is 0 Å². The van der Waals surface area contributed by atoms with Crippen molar-refractivity contribution in [2.24, 2.45) is 0 Å². The molecule has 5 heteroatoms. The summed E-state index contributed by atoms with van der Waals surface area (Å²) in [7, 11) is 1.97. The van der Waals surface area contributed by atoms with Gasteiger partial charge in [-0.2, -0.15) is 0 Å². The molecule has 0 N–H and O–H groups in total. The number of hydrogen-bond acceptors (Lipinski definition) is 5. The Morgan fingerprint density at radius 1 is 0.476 bits per heavy atom. The van der Waals surface area contributed by atoms with Crippen molar-refractivity contribution in [3.63, 3.8) is 0 Å². The molecule has 0 unspecified atom stereocenters. The molecule has 0 aliphatic rings. The number of unbranched alkanes of at least 4 members (excludes halogenated alkanes) is 24. The normalized spacial score (nSPS) is 11.3. The largest absolute Gasteiger partial charge is 0.574 e. The first-order chi connectivity index (χ1) is 20.6. The van der Waals surface area contributed by atoms with Crippen molar-refractivity contribution in [1.29, 1.82) is 0 Å². The second-order valence-electron chi connectivity index (χ2n) is 12.7. The third-order valence-corrected chi connectivity index (χ3v) is 8.44. The molecule has 0 aromatic heterocycles. The quantitative estimate of drug-likeness (QED) is 0.0421. The second-order valence-corrected chi connectivity index (χ2v) is 12.7. The SMILES string of the molecule is CCCCCCCCCCCCCCCC(=O)OCCN(C)CCOC(=[O+])CCCCCCCCCCCCCCC. The molecule has 0 aliphatic carbocycles. The molecule has 0 rings (SSSR count). The summed E-state index contributed by atoms with van der Waals surface area (Å²) >= 11 is 0. The van der Waals surface area contributed by atoms with Crippen LogP contribution in [0.2, 0.25) is 0 Å². The predicted molar refractivity (Wildman–Crippen MR) is 180 cm³/mol. The Balaban J connectivity index is 3.37. The lowest BCUT2D eigenvalue weighted by molar-refractivity contribution is -0.144. The number of rotatable bonds is 34. The predicted octanol–water partition coefficient (Wildman–Crippen LogP) is 11.0. The summed E-state index contributed by atoms with van der Waals surface area (Å²) in [6, 6.07) is 0. The molecule has 0 amide bonds. The summed E-state index contributed by atoms with van der Waals surface area (Å²) in [6.07, 6.45) is 35.1. The van der Waals surface area contributed by atoms with E-state index in [1.807, 2.05) is 7.05 Å². The fourth-order valence-electron chi connectivity index (χ4n) is 5.46. The van der Waals surface area contributed by atoms with Crippen LogP contribution in [0.4, 0.5) is 0 Å². The number of ether oxygens (including phenoxy) is 2. The van der Waals surface area contributed by atoms with Crippen molar-refractivity contribution >= 4 is 11.9 Å². The van der Waals surface area contributed by atoms with Gasteiger partial charge in [0.2, 0.25) is 0 Å². The van der Waals surface area contributed by atoms with Crippen LogP contribution >= 0.6 is 0 Å². The highest BCUT2D eigenvalue weighted by atomic mass is 16.5. The van der Waals surface area contributed by atoms with E-state index in [4.69, 9.17) is 9.47 Å². The highest BCUT2D eigenvalue weighted by Crippen LogP contribution is 2.14. The summed E-state index contributed by atoms with van der Waals surface area (Å²) in [5.41, 5.74) is 0. The fraction of sp³-hybridized carbons (Fsp3) is 0.946. The van der Waals surface area contributed by atoms with Gasteiger partial charge in [-0.25, -0.2) is 0 Å². The molecular formula is C37H73NO4+. The molecule has 5 nitrogen and oxygen atoms in total. The summed E-state index contributed by atoms with van der Waals surface area (Å²) in [5.74, 6) is -0.175. The fourth-order valence-corrected chi connectivity index (χ4v) is 5.46. The molecular weight excluding hydrogens is 522 g/mol. The van der Waals surface area contributed by atoms with Crippen molar-refractivity contribution < 1.29 is 19.1 Å². The minimum atomic E-state index is -0.0873. The van der Waals surface area contributed by atoms with Crippen molar-refractivity contribution in [2.75, 3.05) is 33.4 Å². The van der Waals surface area contributed by atoms with Crippen molar-refractivity contribution in [1.82, 2.24) is 4.90 Å². The minimum Gasteiger partial charge on any atom is -0.464 e. The molecule has 42 heavy (non-hydrogen) atoms. The third-order valence-electron chi connectivity index (χ3n) is 8.44. The Morgan fingerprint density at radius 3 is 1.17 bits per heavy atom. The Bertz CT molecular complexity index is 520. The Labute approximate surface area is 262 Å². The van der Waals surface area contributed by atoms with E-state index in [0.717, 1.165) is 25.7 Å². The smallest absolute Gasteiger partial charge is 0.464 e. The number of esters is 2. The lowest BCUT2D eigenvalue weighted by atomic mass is 10.0. The van der Waals surface area contributed by atoms with Gasteiger partial charge in [0.1, 0.15) is 13.0 Å². The van der Waals surface area contributed by atoms with E-state index in [1.54, 1.807) is 0 Å². The average molecular weight is 596 g/mol. The molecule has 0 saturated heterocycles. The summed E-state index contributed by atoms with van der Waals surface area (Å²) in [4.78, 5) is 26.0. The van der Waals surface area contributed by atoms with Gasteiger partial charge in [-0.05, 0) is 19.9 Å². The van der Waals surface area contributed by atoms with Crippen LogP contribution in [-0.2, 0) is 19.1 Å². The number of nitrogens with zero attached hydrogens (tertiary/aromatic N) is 1. The number of likely N-dealkylation sites (N-methyl/N-ethyl adjacent to an activating group) is 1. The first-order valence-corrected chi connectivity index (χ1v) is 18.6. The monoisotopic (exact) mass is 596 g/mol. The maximum absolute atomic E-state index is 12.0. The molecule has 0 aliphatic heterocycles. The Morgan fingerprint density at radius 2 is 0.786 bits per heavy atom. The van der Waals surface area contributed by atoms with Crippen LogP contribution in [0.5, 0.6) is 0 Å². The van der Waals surface area contributed by atoms with E-state index in [1.165, 1.54) is 141 Å². The first-order valence-electron chi connectivity index (χ1n) is 18.6. The molecule has 0 bridgehead atoms. The minimum absolute atomic E-state index is 0.0873. The van der Waals surface area contributed by atoms with Gasteiger partial charge < -0.3 is 9.47 Å². The topological polar surface area (TPSA) is 58.7 Å². The van der Waals surface area contributed by atoms with E-state index in [9.17, 15) is 9.59 Å². The second kappa shape index (κ2) is 34.4. The standard InChI is InChI=1S/C37H73NO4/c1-4-6-8-10-12-14-16-18-20-22-24-26-28-30-36(39)41-34-32-38(3)33-35-42-37(40)31-29-27-25-23-21-19-17-15-13-11-9-7-5-2/h4-35H2,1-3H3/q+1. The van der Waals surface area contributed by atoms with Gasteiger partial charge in [0.05, 0.1) is 6.54 Å². The van der Waals surface area contributed by atoms with Gasteiger partial charge in [-0.1, -0.05) is 168 Å². The molecule has 0 saturated carbocycles. The Kier molecular flexibility index (Phi) is 33.5. The summed E-state index contributed by atoms with van der Waals surface area (Å²) in [5, 5.41) is 0. The maximum Gasteiger partial charge on any atom is 0.574 e. The lowest BCUT2D eigenvalue weighted by Gasteiger charge is -2.14. The van der Waals surface area contributed by atoms with Crippen LogP contribution in [0.25, 0.3) is 0 Å². The molecule has 0 fully saturated rings. The highest BCUT2D eigenvalue weighted by molar-refractivity contribution is 5.69. The van der Waals surface area contributed by atoms with Gasteiger partial charge in [0.15, 0.2) is 6.61 Å². The van der Waals surface area contributed by atoms with Crippen molar-refractivity contribution in [2.45, 2.75) is 194 Å². The molecule has 0 aromatic carbocycles. The third kappa shape index (κ3) is 33.4. The van der Waals surface area contributed by atoms with Gasteiger partial charge in [0, 0.05) is 17.8 Å². The van der Waals surface area contributed by atoms with Gasteiger partial charge in [0.25, 0.3) is 0 Å². The molecule has 249 valence electrons. The van der Waals surface area contributed by atoms with Gasteiger partial charge >= 0.3 is 11.9 Å².